The molecule has 8 heteroatoms. The quantitative estimate of drug-likeness (QED) is 0.634. The van der Waals surface area contributed by atoms with E-state index in [1.807, 2.05) is 12.1 Å². The Morgan fingerprint density at radius 2 is 2.00 bits per heavy atom. The number of aliphatic hydroxyl groups excluding tert-OH is 1. The fourth-order valence-electron chi connectivity index (χ4n) is 5.40. The summed E-state index contributed by atoms with van der Waals surface area (Å²) in [7, 11) is 3.39. The zero-order valence-electron chi connectivity index (χ0n) is 19.0. The number of benzene rings is 1. The summed E-state index contributed by atoms with van der Waals surface area (Å²) < 4.78 is 1.74. The van der Waals surface area contributed by atoms with Gasteiger partial charge in [0.1, 0.15) is 0 Å². The highest BCUT2D eigenvalue weighted by molar-refractivity contribution is 5.95. The van der Waals surface area contributed by atoms with Gasteiger partial charge in [-0.2, -0.15) is 0 Å². The number of nitrogens with zero attached hydrogens (tertiary/aromatic N) is 2. The Bertz CT molecular complexity index is 1150. The molecule has 3 heterocycles. The molecular weight excluding hydrogens is 420 g/mol. The van der Waals surface area contributed by atoms with E-state index in [0.717, 1.165) is 25.0 Å². The third kappa shape index (κ3) is 3.67. The zero-order valence-corrected chi connectivity index (χ0v) is 19.0. The highest BCUT2D eigenvalue weighted by atomic mass is 16.3. The summed E-state index contributed by atoms with van der Waals surface area (Å²) in [5.41, 5.74) is 2.35. The number of hydrogen-bond donors (Lipinski definition) is 3. The molecule has 0 unspecified atom stereocenters. The smallest absolute Gasteiger partial charge is 0.258 e. The van der Waals surface area contributed by atoms with Crippen molar-refractivity contribution < 1.29 is 14.7 Å². The fourth-order valence-corrected chi connectivity index (χ4v) is 5.40. The van der Waals surface area contributed by atoms with Crippen molar-refractivity contribution in [3.63, 3.8) is 0 Å². The van der Waals surface area contributed by atoms with Crippen molar-refractivity contribution in [2.75, 3.05) is 20.7 Å². The Morgan fingerprint density at radius 1 is 1.21 bits per heavy atom. The Balaban J connectivity index is 1.50. The van der Waals surface area contributed by atoms with Gasteiger partial charge < -0.3 is 25.2 Å². The van der Waals surface area contributed by atoms with Crippen LogP contribution in [0.3, 0.4) is 0 Å². The molecule has 1 aliphatic carbocycles. The molecule has 5 rings (SSSR count). The monoisotopic (exact) mass is 450 g/mol. The van der Waals surface area contributed by atoms with Crippen molar-refractivity contribution in [3.05, 3.63) is 58.0 Å². The number of carbonyl (C=O) groups excluding carboxylic acids is 2. The van der Waals surface area contributed by atoms with Gasteiger partial charge in [-0.05, 0) is 49.1 Å². The summed E-state index contributed by atoms with van der Waals surface area (Å²) in [5.74, 6) is -0.832. The van der Waals surface area contributed by atoms with Crippen LogP contribution in [0.15, 0.2) is 41.2 Å². The molecule has 174 valence electrons. The van der Waals surface area contributed by atoms with E-state index in [2.05, 4.69) is 10.6 Å². The SMILES string of the molecule is CN(C)C(=O)c1cccc(-c2ccc3n(c2=O)C[C@@H]2N[C@H]3[C@H](C(=O)NC3CCC3)[C@H]2CO)c1. The first-order chi connectivity index (χ1) is 15.9. The van der Waals surface area contributed by atoms with Crippen LogP contribution in [0.25, 0.3) is 11.1 Å². The third-order valence-corrected chi connectivity index (χ3v) is 7.43. The second-order valence-corrected chi connectivity index (χ2v) is 9.63. The molecule has 2 aliphatic heterocycles. The number of hydrogen-bond acceptors (Lipinski definition) is 5. The van der Waals surface area contributed by atoms with E-state index in [1.54, 1.807) is 42.9 Å². The van der Waals surface area contributed by atoms with Crippen LogP contribution in [0.2, 0.25) is 0 Å². The number of aromatic nitrogens is 1. The fraction of sp³-hybridized carbons (Fsp3) is 0.480. The lowest BCUT2D eigenvalue weighted by atomic mass is 9.85. The highest BCUT2D eigenvalue weighted by Gasteiger charge is 2.51. The molecule has 33 heavy (non-hydrogen) atoms. The van der Waals surface area contributed by atoms with E-state index in [0.29, 0.717) is 23.2 Å². The largest absolute Gasteiger partial charge is 0.396 e. The number of aliphatic hydroxyl groups is 1. The molecule has 0 spiro atoms. The number of rotatable bonds is 5. The first kappa shape index (κ1) is 21.9. The second kappa shape index (κ2) is 8.43. The molecule has 3 N–H and O–H groups in total. The number of fused-ring (bicyclic) bond motifs is 4. The lowest BCUT2D eigenvalue weighted by Crippen LogP contribution is -2.45. The first-order valence-corrected chi connectivity index (χ1v) is 11.6. The van der Waals surface area contributed by atoms with Crippen LogP contribution in [0.1, 0.15) is 41.4 Å². The van der Waals surface area contributed by atoms with Crippen molar-refractivity contribution in [1.82, 2.24) is 20.1 Å². The molecule has 1 saturated heterocycles. The van der Waals surface area contributed by atoms with Gasteiger partial charge in [0.25, 0.3) is 11.5 Å². The Labute approximate surface area is 192 Å². The minimum Gasteiger partial charge on any atom is -0.396 e. The molecule has 1 aromatic heterocycles. The van der Waals surface area contributed by atoms with Gasteiger partial charge in [0, 0.05) is 62.1 Å². The molecule has 2 aromatic rings. The normalized spacial score (nSPS) is 25.8. The van der Waals surface area contributed by atoms with E-state index in [9.17, 15) is 19.5 Å². The van der Waals surface area contributed by atoms with Gasteiger partial charge in [-0.3, -0.25) is 14.4 Å². The summed E-state index contributed by atoms with van der Waals surface area (Å²) in [6.07, 6.45) is 3.13. The maximum atomic E-state index is 13.5. The van der Waals surface area contributed by atoms with E-state index in [4.69, 9.17) is 0 Å². The van der Waals surface area contributed by atoms with Crippen LogP contribution in [0.5, 0.6) is 0 Å². The average Bonchev–Trinajstić information content (AvgIpc) is 3.08. The lowest BCUT2D eigenvalue weighted by Gasteiger charge is -2.30. The van der Waals surface area contributed by atoms with Crippen molar-refractivity contribution in [3.8, 4) is 11.1 Å². The summed E-state index contributed by atoms with van der Waals surface area (Å²) in [4.78, 5) is 40.5. The van der Waals surface area contributed by atoms with Gasteiger partial charge in [0.15, 0.2) is 0 Å². The van der Waals surface area contributed by atoms with Crippen molar-refractivity contribution in [1.29, 1.82) is 0 Å². The maximum absolute atomic E-state index is 13.5. The van der Waals surface area contributed by atoms with E-state index >= 15 is 0 Å². The van der Waals surface area contributed by atoms with Gasteiger partial charge in [0.2, 0.25) is 5.91 Å². The van der Waals surface area contributed by atoms with E-state index in [-0.39, 0.29) is 48.0 Å². The van der Waals surface area contributed by atoms with Gasteiger partial charge >= 0.3 is 0 Å². The van der Waals surface area contributed by atoms with Crippen molar-refractivity contribution in [2.24, 2.45) is 11.8 Å². The molecule has 0 radical (unpaired) electrons. The number of nitrogens with one attached hydrogen (secondary N) is 2. The van der Waals surface area contributed by atoms with Crippen molar-refractivity contribution in [2.45, 2.75) is 43.9 Å². The standard InChI is InChI=1S/C25H30N4O4/c1-28(2)24(32)15-6-3-5-14(11-15)17-9-10-20-22-21(23(31)26-16-7-4-8-16)18(13-30)19(27-22)12-29(20)25(17)33/h3,5-6,9-11,16,18-19,21-22,27,30H,4,7-8,12-13H2,1-2H3,(H,26,31)/t18-,19-,21+,22+/m0/s1. The predicted octanol–water partition coefficient (Wildman–Crippen LogP) is 1.14. The average molecular weight is 451 g/mol. The van der Waals surface area contributed by atoms with Gasteiger partial charge in [-0.15, -0.1) is 0 Å². The molecule has 1 aromatic carbocycles. The molecule has 1 saturated carbocycles. The minimum absolute atomic E-state index is 0.0429. The van der Waals surface area contributed by atoms with Crippen LogP contribution in [0.4, 0.5) is 0 Å². The lowest BCUT2D eigenvalue weighted by molar-refractivity contribution is -0.128. The summed E-state index contributed by atoms with van der Waals surface area (Å²) >= 11 is 0. The molecule has 3 aliphatic rings. The zero-order chi connectivity index (χ0) is 23.3. The van der Waals surface area contributed by atoms with Crippen LogP contribution in [-0.2, 0) is 11.3 Å². The summed E-state index contributed by atoms with van der Waals surface area (Å²) in [6, 6.07) is 10.5. The number of carbonyl (C=O) groups is 2. The molecule has 2 bridgehead atoms. The van der Waals surface area contributed by atoms with Crippen molar-refractivity contribution >= 4 is 11.8 Å². The molecule has 2 fully saturated rings. The van der Waals surface area contributed by atoms with Crippen LogP contribution >= 0.6 is 0 Å². The molecule has 2 amide bonds. The van der Waals surface area contributed by atoms with Crippen LogP contribution in [-0.4, -0.2) is 59.2 Å². The van der Waals surface area contributed by atoms with Crippen LogP contribution in [0, 0.1) is 11.8 Å². The molecule has 4 atom stereocenters. The second-order valence-electron chi connectivity index (χ2n) is 9.63. The Hall–Kier alpha value is -2.97. The molecule has 8 nitrogen and oxygen atoms in total. The van der Waals surface area contributed by atoms with Gasteiger partial charge in [0.05, 0.1) is 12.0 Å². The van der Waals surface area contributed by atoms with Gasteiger partial charge in [-0.1, -0.05) is 12.1 Å². The Kier molecular flexibility index (Phi) is 5.58. The summed E-state index contributed by atoms with van der Waals surface area (Å²) in [6.45, 7) is 0.286. The molecular formula is C25H30N4O4. The third-order valence-electron chi connectivity index (χ3n) is 7.43. The number of pyridine rings is 1. The maximum Gasteiger partial charge on any atom is 0.258 e. The predicted molar refractivity (Wildman–Crippen MR) is 124 cm³/mol. The number of amides is 2. The first-order valence-electron chi connectivity index (χ1n) is 11.6. The Morgan fingerprint density at radius 3 is 2.67 bits per heavy atom. The van der Waals surface area contributed by atoms with E-state index in [1.165, 1.54) is 4.90 Å². The minimum atomic E-state index is -0.416. The van der Waals surface area contributed by atoms with Crippen LogP contribution < -0.4 is 16.2 Å². The van der Waals surface area contributed by atoms with Gasteiger partial charge in [-0.25, -0.2) is 0 Å². The summed E-state index contributed by atoms with van der Waals surface area (Å²) in [5, 5.41) is 16.7. The highest BCUT2D eigenvalue weighted by Crippen LogP contribution is 2.41. The topological polar surface area (TPSA) is 104 Å². The van der Waals surface area contributed by atoms with E-state index < -0.39 is 5.92 Å².